The topological polar surface area (TPSA) is 144 Å². The van der Waals surface area contributed by atoms with Gasteiger partial charge in [-0.25, -0.2) is 22.4 Å². The average molecular weight is 574 g/mol. The predicted octanol–water partition coefficient (Wildman–Crippen LogP) is 3.39. The van der Waals surface area contributed by atoms with E-state index in [9.17, 15) is 21.9 Å². The number of nitrogens with zero attached hydrogens (tertiary/aromatic N) is 2. The summed E-state index contributed by atoms with van der Waals surface area (Å²) in [5, 5.41) is 9.50. The zero-order valence-electron chi connectivity index (χ0n) is 21.2. The monoisotopic (exact) mass is 573 g/mol. The summed E-state index contributed by atoms with van der Waals surface area (Å²) < 4.78 is 67.5. The number of aryl methyl sites for hydroxylation is 1. The molecular formula is C26H27N3O8S2. The van der Waals surface area contributed by atoms with Gasteiger partial charge in [0.15, 0.2) is 6.10 Å². The van der Waals surface area contributed by atoms with Crippen LogP contribution < -0.4 is 23.2 Å². The normalized spacial score (nSPS) is 17.6. The summed E-state index contributed by atoms with van der Waals surface area (Å²) in [5.41, 5.74) is 3.68. The minimum absolute atomic E-state index is 0.0602. The lowest BCUT2D eigenvalue weighted by molar-refractivity contribution is 0.163. The molecule has 1 atom stereocenters. The molecule has 39 heavy (non-hydrogen) atoms. The van der Waals surface area contributed by atoms with Crippen molar-refractivity contribution >= 4 is 25.7 Å². The van der Waals surface area contributed by atoms with Crippen LogP contribution in [0.25, 0.3) is 11.1 Å². The van der Waals surface area contributed by atoms with Crippen LogP contribution in [0.15, 0.2) is 66.7 Å². The number of benzene rings is 2. The molecule has 2 aliphatic rings. The number of ether oxygens (including phenoxy) is 3. The van der Waals surface area contributed by atoms with E-state index in [0.717, 1.165) is 32.9 Å². The first-order valence-corrected chi connectivity index (χ1v) is 15.5. The second-order valence-corrected chi connectivity index (χ2v) is 13.0. The maximum Gasteiger partial charge on any atom is 0.330 e. The van der Waals surface area contributed by atoms with Crippen molar-refractivity contribution in [3.8, 4) is 28.5 Å². The van der Waals surface area contributed by atoms with Gasteiger partial charge in [-0.2, -0.15) is 8.42 Å². The highest BCUT2D eigenvalue weighted by atomic mass is 32.2. The van der Waals surface area contributed by atoms with E-state index in [0.29, 0.717) is 36.1 Å². The molecular weight excluding hydrogens is 546 g/mol. The zero-order valence-corrected chi connectivity index (χ0v) is 22.8. The van der Waals surface area contributed by atoms with E-state index in [1.807, 2.05) is 35.9 Å². The maximum atomic E-state index is 12.1. The van der Waals surface area contributed by atoms with Crippen LogP contribution in [0.3, 0.4) is 0 Å². The van der Waals surface area contributed by atoms with Crippen LogP contribution in [-0.2, 0) is 20.0 Å². The molecule has 5 rings (SSSR count). The van der Waals surface area contributed by atoms with Crippen molar-refractivity contribution in [3.63, 3.8) is 0 Å². The van der Waals surface area contributed by atoms with Gasteiger partial charge in [-0.3, -0.25) is 0 Å². The van der Waals surface area contributed by atoms with Crippen LogP contribution in [0.5, 0.6) is 17.4 Å². The molecule has 0 radical (unpaired) electrons. The number of fused-ring (bicyclic) bond motifs is 1. The molecule has 0 fully saturated rings. The smallest absolute Gasteiger partial charge is 0.330 e. The van der Waals surface area contributed by atoms with E-state index in [2.05, 4.69) is 4.98 Å². The number of hydrogen-bond donors (Lipinski definition) is 2. The number of pyridine rings is 1. The minimum atomic E-state index is -3.87. The van der Waals surface area contributed by atoms with Crippen molar-refractivity contribution in [1.29, 1.82) is 0 Å². The second-order valence-electron chi connectivity index (χ2n) is 9.17. The van der Waals surface area contributed by atoms with Gasteiger partial charge in [0.1, 0.15) is 27.9 Å². The summed E-state index contributed by atoms with van der Waals surface area (Å²) in [6.45, 7) is 2.42. The molecule has 0 unspecified atom stereocenters. The van der Waals surface area contributed by atoms with Crippen molar-refractivity contribution in [2.75, 3.05) is 29.5 Å². The van der Waals surface area contributed by atoms with Crippen molar-refractivity contribution in [1.82, 2.24) is 9.71 Å². The largest absolute Gasteiger partial charge is 0.493 e. The maximum absolute atomic E-state index is 12.1. The molecule has 3 heterocycles. The van der Waals surface area contributed by atoms with Crippen LogP contribution in [-0.4, -0.2) is 52.1 Å². The summed E-state index contributed by atoms with van der Waals surface area (Å²) in [4.78, 5) is 4.52. The summed E-state index contributed by atoms with van der Waals surface area (Å²) in [6, 6.07) is 15.9. The molecule has 3 aromatic rings. The van der Waals surface area contributed by atoms with Crippen LogP contribution in [0, 0.1) is 6.92 Å². The molecule has 11 nitrogen and oxygen atoms in total. The molecule has 0 saturated carbocycles. The lowest BCUT2D eigenvalue weighted by Crippen LogP contribution is -2.29. The summed E-state index contributed by atoms with van der Waals surface area (Å²) in [5.74, 6) is 1.25. The van der Waals surface area contributed by atoms with Crippen LogP contribution in [0.2, 0.25) is 0 Å². The van der Waals surface area contributed by atoms with Gasteiger partial charge in [0.05, 0.1) is 24.2 Å². The predicted molar refractivity (Wildman–Crippen MR) is 145 cm³/mol. The summed E-state index contributed by atoms with van der Waals surface area (Å²) >= 11 is 0. The second kappa shape index (κ2) is 10.3. The van der Waals surface area contributed by atoms with E-state index in [-0.39, 0.29) is 18.5 Å². The highest BCUT2D eigenvalue weighted by Crippen LogP contribution is 2.43. The molecule has 1 aromatic heterocycles. The molecule has 2 aliphatic heterocycles. The number of rotatable bonds is 9. The average Bonchev–Trinajstić information content (AvgIpc) is 3.40. The first-order valence-electron chi connectivity index (χ1n) is 12.0. The molecule has 2 N–H and O–H groups in total. The number of nitrogens with one attached hydrogen (secondary N) is 1. The Balaban J connectivity index is 1.29. The van der Waals surface area contributed by atoms with Crippen LogP contribution in [0.1, 0.15) is 23.8 Å². The molecule has 206 valence electrons. The fourth-order valence-electron chi connectivity index (χ4n) is 4.37. The number of anilines is 1. The zero-order chi connectivity index (χ0) is 27.8. The van der Waals surface area contributed by atoms with Gasteiger partial charge < -0.3 is 19.3 Å². The Bertz CT molecular complexity index is 1640. The van der Waals surface area contributed by atoms with Crippen LogP contribution in [0.4, 0.5) is 5.69 Å². The Morgan fingerprint density at radius 2 is 1.90 bits per heavy atom. The third-order valence-electron chi connectivity index (χ3n) is 6.13. The number of aliphatic hydroxyl groups excluding tert-OH is 1. The quantitative estimate of drug-likeness (QED) is 0.368. The summed E-state index contributed by atoms with van der Waals surface area (Å²) in [6.07, 6.45) is 2.30. The number of hydrogen-bond acceptors (Lipinski definition) is 9. The molecule has 13 heteroatoms. The van der Waals surface area contributed by atoms with E-state index >= 15 is 0 Å². The minimum Gasteiger partial charge on any atom is -0.493 e. The lowest BCUT2D eigenvalue weighted by Gasteiger charge is -2.16. The van der Waals surface area contributed by atoms with E-state index < -0.39 is 25.9 Å². The molecule has 0 aliphatic carbocycles. The van der Waals surface area contributed by atoms with Crippen molar-refractivity contribution in [3.05, 3.63) is 77.9 Å². The summed E-state index contributed by atoms with van der Waals surface area (Å²) in [7, 11) is -6.90. The third-order valence-corrected chi connectivity index (χ3v) is 8.46. The van der Waals surface area contributed by atoms with Gasteiger partial charge in [0.25, 0.3) is 0 Å². The van der Waals surface area contributed by atoms with Crippen molar-refractivity contribution in [2.24, 2.45) is 0 Å². The Morgan fingerprint density at radius 1 is 1.13 bits per heavy atom. The number of sulfone groups is 1. The molecule has 0 bridgehead atoms. The fraction of sp³-hybridized carbons (Fsp3) is 0.269. The SMILES string of the molecule is Cc1nc(OCCCS(C)(=O)=O)ccc1-c1cccc2c1OC[C@H]2Oc1ccc(N2C=C(O)NS2(=O)=O)cc1. The Labute approximate surface area is 226 Å². The van der Waals surface area contributed by atoms with Gasteiger partial charge in [-0.15, -0.1) is 0 Å². The van der Waals surface area contributed by atoms with Gasteiger partial charge in [-0.1, -0.05) is 18.2 Å². The highest BCUT2D eigenvalue weighted by Gasteiger charge is 2.30. The Morgan fingerprint density at radius 3 is 2.56 bits per heavy atom. The van der Waals surface area contributed by atoms with E-state index in [1.165, 1.54) is 6.26 Å². The van der Waals surface area contributed by atoms with Gasteiger partial charge >= 0.3 is 10.2 Å². The Hall–Kier alpha value is -3.97. The lowest BCUT2D eigenvalue weighted by atomic mass is 9.99. The molecule has 0 spiro atoms. The van der Waals surface area contributed by atoms with E-state index in [4.69, 9.17) is 14.2 Å². The number of aliphatic hydroxyl groups is 1. The van der Waals surface area contributed by atoms with Crippen molar-refractivity contribution in [2.45, 2.75) is 19.4 Å². The van der Waals surface area contributed by atoms with Crippen LogP contribution >= 0.6 is 0 Å². The molecule has 2 aromatic carbocycles. The molecule has 0 saturated heterocycles. The van der Waals surface area contributed by atoms with Gasteiger partial charge in [-0.05, 0) is 43.7 Å². The van der Waals surface area contributed by atoms with Gasteiger partial charge in [0, 0.05) is 34.7 Å². The Kier molecular flexibility index (Phi) is 7.03. The van der Waals surface area contributed by atoms with Crippen molar-refractivity contribution < 1.29 is 36.2 Å². The highest BCUT2D eigenvalue weighted by molar-refractivity contribution is 7.91. The molecule has 0 amide bonds. The number of para-hydroxylation sites is 1. The van der Waals surface area contributed by atoms with Gasteiger partial charge in [0.2, 0.25) is 11.8 Å². The first-order chi connectivity index (χ1) is 18.5. The number of aromatic nitrogens is 1. The third kappa shape index (κ3) is 5.88. The first kappa shape index (κ1) is 26.6. The standard InChI is InChI=1S/C26H27N3O8S2/c1-17-20(11-12-25(27-17)35-13-4-14-38(2,31)32)21-5-3-6-22-23(16-36-26(21)22)37-19-9-7-18(8-10-19)29-15-24(30)28-39(29,33)34/h3,5-12,15,23,28,30H,4,13-14,16H2,1-2H3/t23-/m1/s1. The van der Waals surface area contributed by atoms with E-state index in [1.54, 1.807) is 30.3 Å². The fourth-order valence-corrected chi connectivity index (χ4v) is 6.06.